The van der Waals surface area contributed by atoms with Crippen molar-refractivity contribution < 1.29 is 0 Å². The Labute approximate surface area is 110 Å². The summed E-state index contributed by atoms with van der Waals surface area (Å²) in [5.74, 6) is 0. The highest BCUT2D eigenvalue weighted by Crippen LogP contribution is 2.28. The van der Waals surface area contributed by atoms with Crippen molar-refractivity contribution in [3.8, 4) is 0 Å². The molecule has 0 aliphatic heterocycles. The van der Waals surface area contributed by atoms with Crippen molar-refractivity contribution in [3.05, 3.63) is 51.8 Å². The standard InChI is InChI=1S/C13H16BrN3/c1-9-10(5-4-6-11(9)14)13(15-2)12-7-8-16-17(12)3/h4-8,13,15H,1-3H3. The molecule has 0 spiro atoms. The van der Waals surface area contributed by atoms with Gasteiger partial charge in [0.15, 0.2) is 0 Å². The van der Waals surface area contributed by atoms with E-state index in [0.717, 1.165) is 10.2 Å². The van der Waals surface area contributed by atoms with Crippen LogP contribution in [-0.2, 0) is 7.05 Å². The van der Waals surface area contributed by atoms with E-state index in [0.29, 0.717) is 0 Å². The summed E-state index contributed by atoms with van der Waals surface area (Å²) >= 11 is 3.58. The zero-order valence-electron chi connectivity index (χ0n) is 10.2. The van der Waals surface area contributed by atoms with E-state index in [1.165, 1.54) is 11.1 Å². The summed E-state index contributed by atoms with van der Waals surface area (Å²) in [6.45, 7) is 2.13. The lowest BCUT2D eigenvalue weighted by Gasteiger charge is -2.19. The van der Waals surface area contributed by atoms with Crippen molar-refractivity contribution in [2.24, 2.45) is 7.05 Å². The van der Waals surface area contributed by atoms with Crippen molar-refractivity contribution in [3.63, 3.8) is 0 Å². The molecule has 3 nitrogen and oxygen atoms in total. The Balaban J connectivity index is 2.50. The van der Waals surface area contributed by atoms with Gasteiger partial charge in [0.05, 0.1) is 11.7 Å². The molecule has 1 unspecified atom stereocenters. The maximum absolute atomic E-state index is 4.23. The second-order valence-corrected chi connectivity index (χ2v) is 4.91. The molecule has 17 heavy (non-hydrogen) atoms. The highest BCUT2D eigenvalue weighted by molar-refractivity contribution is 9.10. The van der Waals surface area contributed by atoms with Crippen LogP contribution in [0.4, 0.5) is 0 Å². The topological polar surface area (TPSA) is 29.9 Å². The second kappa shape index (κ2) is 5.02. The van der Waals surface area contributed by atoms with E-state index in [1.54, 1.807) is 0 Å². The predicted octanol–water partition coefficient (Wildman–Crippen LogP) is 2.80. The lowest BCUT2D eigenvalue weighted by Crippen LogP contribution is -2.21. The molecule has 0 saturated carbocycles. The third-order valence-corrected chi connectivity index (χ3v) is 3.92. The van der Waals surface area contributed by atoms with Crippen LogP contribution in [-0.4, -0.2) is 16.8 Å². The van der Waals surface area contributed by atoms with Gasteiger partial charge in [-0.05, 0) is 37.2 Å². The minimum atomic E-state index is 0.167. The molecular formula is C13H16BrN3. The fraction of sp³-hybridized carbons (Fsp3) is 0.308. The fourth-order valence-electron chi connectivity index (χ4n) is 2.07. The maximum Gasteiger partial charge on any atom is 0.0748 e. The van der Waals surface area contributed by atoms with Gasteiger partial charge < -0.3 is 5.32 Å². The van der Waals surface area contributed by atoms with Crippen LogP contribution in [0.2, 0.25) is 0 Å². The molecule has 90 valence electrons. The molecule has 0 saturated heterocycles. The number of aryl methyl sites for hydroxylation is 1. The monoisotopic (exact) mass is 293 g/mol. The van der Waals surface area contributed by atoms with Gasteiger partial charge in [-0.25, -0.2) is 0 Å². The van der Waals surface area contributed by atoms with E-state index < -0.39 is 0 Å². The number of nitrogens with one attached hydrogen (secondary N) is 1. The van der Waals surface area contributed by atoms with Gasteiger partial charge in [-0.3, -0.25) is 4.68 Å². The first-order chi connectivity index (χ1) is 8.15. The molecule has 1 N–H and O–H groups in total. The van der Waals surface area contributed by atoms with Crippen LogP contribution in [0, 0.1) is 6.92 Å². The minimum Gasteiger partial charge on any atom is -0.308 e. The molecule has 0 amide bonds. The van der Waals surface area contributed by atoms with Gasteiger partial charge in [-0.15, -0.1) is 0 Å². The summed E-state index contributed by atoms with van der Waals surface area (Å²) in [5, 5.41) is 7.58. The normalized spacial score (nSPS) is 12.7. The number of rotatable bonds is 3. The first kappa shape index (κ1) is 12.3. The number of benzene rings is 1. The summed E-state index contributed by atoms with van der Waals surface area (Å²) in [7, 11) is 3.94. The van der Waals surface area contributed by atoms with Crippen LogP contribution in [0.5, 0.6) is 0 Å². The van der Waals surface area contributed by atoms with Gasteiger partial charge in [-0.2, -0.15) is 5.10 Å². The van der Waals surface area contributed by atoms with Gasteiger partial charge >= 0.3 is 0 Å². The third-order valence-electron chi connectivity index (χ3n) is 3.06. The first-order valence-corrected chi connectivity index (χ1v) is 6.34. The lowest BCUT2D eigenvalue weighted by atomic mass is 9.99. The maximum atomic E-state index is 4.23. The van der Waals surface area contributed by atoms with Gasteiger partial charge in [0, 0.05) is 17.7 Å². The van der Waals surface area contributed by atoms with E-state index in [9.17, 15) is 0 Å². The van der Waals surface area contributed by atoms with E-state index in [2.05, 4.69) is 51.5 Å². The fourth-order valence-corrected chi connectivity index (χ4v) is 2.45. The Kier molecular flexibility index (Phi) is 3.64. The number of nitrogens with zero attached hydrogens (tertiary/aromatic N) is 2. The Bertz CT molecular complexity index is 519. The molecule has 4 heteroatoms. The number of aromatic nitrogens is 2. The average molecular weight is 294 g/mol. The molecule has 0 aliphatic rings. The Hall–Kier alpha value is -1.13. The molecule has 0 fully saturated rings. The third kappa shape index (κ3) is 2.28. The minimum absolute atomic E-state index is 0.167. The molecular weight excluding hydrogens is 278 g/mol. The van der Waals surface area contributed by atoms with Crippen LogP contribution in [0.15, 0.2) is 34.9 Å². The number of hydrogen-bond acceptors (Lipinski definition) is 2. The SMILES string of the molecule is CNC(c1cccc(Br)c1C)c1ccnn1C. The first-order valence-electron chi connectivity index (χ1n) is 5.55. The van der Waals surface area contributed by atoms with Crippen LogP contribution >= 0.6 is 15.9 Å². The Morgan fingerprint density at radius 3 is 2.71 bits per heavy atom. The molecule has 1 heterocycles. The summed E-state index contributed by atoms with van der Waals surface area (Å²) in [5.41, 5.74) is 3.69. The van der Waals surface area contributed by atoms with Gasteiger partial charge in [-0.1, -0.05) is 28.1 Å². The molecule has 2 rings (SSSR count). The zero-order valence-corrected chi connectivity index (χ0v) is 11.8. The van der Waals surface area contributed by atoms with Crippen molar-refractivity contribution >= 4 is 15.9 Å². The van der Waals surface area contributed by atoms with E-state index in [4.69, 9.17) is 0 Å². The van der Waals surface area contributed by atoms with Crippen molar-refractivity contribution in [1.29, 1.82) is 0 Å². The molecule has 1 atom stereocenters. The summed E-state index contributed by atoms with van der Waals surface area (Å²) < 4.78 is 3.04. The lowest BCUT2D eigenvalue weighted by molar-refractivity contribution is 0.603. The Morgan fingerprint density at radius 1 is 1.35 bits per heavy atom. The molecule has 0 aliphatic carbocycles. The van der Waals surface area contributed by atoms with E-state index in [1.807, 2.05) is 31.0 Å². The van der Waals surface area contributed by atoms with Crippen molar-refractivity contribution in [2.45, 2.75) is 13.0 Å². The molecule has 1 aromatic heterocycles. The van der Waals surface area contributed by atoms with Crippen LogP contribution in [0.25, 0.3) is 0 Å². The van der Waals surface area contributed by atoms with Crippen LogP contribution < -0.4 is 5.32 Å². The highest BCUT2D eigenvalue weighted by atomic mass is 79.9. The van der Waals surface area contributed by atoms with Gasteiger partial charge in [0.1, 0.15) is 0 Å². The molecule has 0 bridgehead atoms. The molecule has 2 aromatic rings. The zero-order chi connectivity index (χ0) is 12.4. The van der Waals surface area contributed by atoms with Gasteiger partial charge in [0.25, 0.3) is 0 Å². The predicted molar refractivity (Wildman–Crippen MR) is 73.0 cm³/mol. The molecule has 0 radical (unpaired) electrons. The second-order valence-electron chi connectivity index (χ2n) is 4.06. The van der Waals surface area contributed by atoms with Gasteiger partial charge in [0.2, 0.25) is 0 Å². The molecule has 1 aromatic carbocycles. The average Bonchev–Trinajstić information content (AvgIpc) is 2.72. The summed E-state index contributed by atoms with van der Waals surface area (Å²) in [6.07, 6.45) is 1.83. The van der Waals surface area contributed by atoms with E-state index >= 15 is 0 Å². The Morgan fingerprint density at radius 2 is 2.12 bits per heavy atom. The number of halogens is 1. The largest absolute Gasteiger partial charge is 0.308 e. The summed E-state index contributed by atoms with van der Waals surface area (Å²) in [6, 6.07) is 8.48. The summed E-state index contributed by atoms with van der Waals surface area (Å²) in [4.78, 5) is 0. The van der Waals surface area contributed by atoms with Crippen LogP contribution in [0.1, 0.15) is 22.9 Å². The number of hydrogen-bond donors (Lipinski definition) is 1. The van der Waals surface area contributed by atoms with Crippen molar-refractivity contribution in [1.82, 2.24) is 15.1 Å². The quantitative estimate of drug-likeness (QED) is 0.943. The van der Waals surface area contributed by atoms with Crippen molar-refractivity contribution in [2.75, 3.05) is 7.05 Å². The van der Waals surface area contributed by atoms with Crippen LogP contribution in [0.3, 0.4) is 0 Å². The smallest absolute Gasteiger partial charge is 0.0748 e. The van der Waals surface area contributed by atoms with E-state index in [-0.39, 0.29) is 6.04 Å². The highest BCUT2D eigenvalue weighted by Gasteiger charge is 2.17.